The molecule has 0 saturated carbocycles. The van der Waals surface area contributed by atoms with Gasteiger partial charge in [-0.15, -0.1) is 0 Å². The molecule has 0 unspecified atom stereocenters. The molecular weight excluding hydrogens is 494 g/mol. The van der Waals surface area contributed by atoms with E-state index in [2.05, 4.69) is 25.0 Å². The topological polar surface area (TPSA) is 130 Å². The van der Waals surface area contributed by atoms with Crippen molar-refractivity contribution in [3.05, 3.63) is 79.1 Å². The van der Waals surface area contributed by atoms with Crippen molar-refractivity contribution >= 4 is 39.5 Å². The number of hydrogen-bond acceptors (Lipinski definition) is 8. The molecule has 6 heterocycles. The Morgan fingerprint density at radius 1 is 1.08 bits per heavy atom. The number of fused-ring (bicyclic) bond motifs is 2. The summed E-state index contributed by atoms with van der Waals surface area (Å²) in [6.45, 7) is 1.01. The predicted molar refractivity (Wildman–Crippen MR) is 146 cm³/mol. The van der Waals surface area contributed by atoms with E-state index in [1.54, 1.807) is 22.0 Å². The van der Waals surface area contributed by atoms with Crippen LogP contribution in [0.1, 0.15) is 12.0 Å². The molecule has 39 heavy (non-hydrogen) atoms. The van der Waals surface area contributed by atoms with Crippen LogP contribution in [0.3, 0.4) is 0 Å². The van der Waals surface area contributed by atoms with E-state index in [4.69, 9.17) is 10.5 Å². The minimum atomic E-state index is 0.0957. The molecule has 192 valence electrons. The molecule has 1 amide bonds. The molecule has 1 aliphatic heterocycles. The van der Waals surface area contributed by atoms with Gasteiger partial charge in [0.15, 0.2) is 5.65 Å². The molecule has 7 rings (SSSR count). The van der Waals surface area contributed by atoms with Crippen LogP contribution in [0.2, 0.25) is 0 Å². The normalized spacial score (nSPS) is 13.3. The minimum absolute atomic E-state index is 0.0957. The summed E-state index contributed by atoms with van der Waals surface area (Å²) in [5.74, 6) is 1.83. The molecule has 11 heteroatoms. The molecule has 1 aliphatic rings. The summed E-state index contributed by atoms with van der Waals surface area (Å²) in [7, 11) is 1.87. The van der Waals surface area contributed by atoms with Crippen molar-refractivity contribution in [2.45, 2.75) is 13.0 Å². The zero-order valence-electron chi connectivity index (χ0n) is 21.0. The standard InChI is InChI=1S/C28H23N9O2/c1-35-8-6-22(34-35)21-14-37(28-26(21)27(29)31-16-32-28)19-10-17(12-30-13-19)15-39-20-4-2-18-3-5-24(33-23(18)11-20)36-9-7-25(36)38/h2-6,8,10-14,16H,7,9,15H2,1H3,(H2,29,31,32). The number of hydrogen-bond donors (Lipinski definition) is 1. The van der Waals surface area contributed by atoms with Gasteiger partial charge in [0.25, 0.3) is 0 Å². The fourth-order valence-electron chi connectivity index (χ4n) is 4.77. The number of ether oxygens (including phenoxy) is 1. The largest absolute Gasteiger partial charge is 0.489 e. The number of aryl methyl sites for hydroxylation is 1. The summed E-state index contributed by atoms with van der Waals surface area (Å²) in [6.07, 6.45) is 9.39. The van der Waals surface area contributed by atoms with Crippen LogP contribution in [0, 0.1) is 0 Å². The van der Waals surface area contributed by atoms with E-state index in [9.17, 15) is 4.79 Å². The van der Waals surface area contributed by atoms with Gasteiger partial charge in [-0.2, -0.15) is 5.10 Å². The van der Waals surface area contributed by atoms with Crippen molar-refractivity contribution in [3.63, 3.8) is 0 Å². The van der Waals surface area contributed by atoms with Crippen molar-refractivity contribution in [1.82, 2.24) is 34.3 Å². The lowest BCUT2D eigenvalue weighted by molar-refractivity contribution is -0.122. The Morgan fingerprint density at radius 3 is 2.77 bits per heavy atom. The third-order valence-electron chi connectivity index (χ3n) is 6.84. The molecule has 1 saturated heterocycles. The van der Waals surface area contributed by atoms with Crippen molar-refractivity contribution in [2.24, 2.45) is 7.05 Å². The number of anilines is 2. The predicted octanol–water partition coefficient (Wildman–Crippen LogP) is 3.66. The van der Waals surface area contributed by atoms with Crippen LogP contribution in [-0.4, -0.2) is 46.7 Å². The molecule has 5 aromatic heterocycles. The molecule has 0 spiro atoms. The molecular formula is C28H23N9O2. The smallest absolute Gasteiger partial charge is 0.229 e. The Labute approximate surface area is 222 Å². The summed E-state index contributed by atoms with van der Waals surface area (Å²) in [6, 6.07) is 13.5. The van der Waals surface area contributed by atoms with Gasteiger partial charge in [-0.05, 0) is 36.4 Å². The summed E-state index contributed by atoms with van der Waals surface area (Å²) in [5.41, 5.74) is 11.0. The van der Waals surface area contributed by atoms with Gasteiger partial charge in [-0.25, -0.2) is 15.0 Å². The molecule has 11 nitrogen and oxygen atoms in total. The van der Waals surface area contributed by atoms with Crippen LogP contribution in [0.15, 0.2) is 73.6 Å². The number of benzene rings is 1. The van der Waals surface area contributed by atoms with E-state index in [1.165, 1.54) is 6.33 Å². The number of pyridine rings is 2. The zero-order chi connectivity index (χ0) is 26.5. The average Bonchev–Trinajstić information content (AvgIpc) is 3.55. The second-order valence-electron chi connectivity index (χ2n) is 9.40. The third-order valence-corrected chi connectivity index (χ3v) is 6.84. The Hall–Kier alpha value is -5.32. The van der Waals surface area contributed by atoms with Gasteiger partial charge in [0.2, 0.25) is 5.91 Å². The first kappa shape index (κ1) is 22.8. The highest BCUT2D eigenvalue weighted by atomic mass is 16.5. The van der Waals surface area contributed by atoms with E-state index in [-0.39, 0.29) is 5.91 Å². The number of carbonyl (C=O) groups excluding carboxylic acids is 1. The lowest BCUT2D eigenvalue weighted by Gasteiger charge is -2.29. The number of amides is 1. The van der Waals surface area contributed by atoms with Gasteiger partial charge in [0.1, 0.15) is 30.3 Å². The fraction of sp³-hybridized carbons (Fsp3) is 0.143. The highest BCUT2D eigenvalue weighted by molar-refractivity contribution is 6.01. The highest BCUT2D eigenvalue weighted by Crippen LogP contribution is 2.33. The van der Waals surface area contributed by atoms with E-state index in [1.807, 2.05) is 66.5 Å². The van der Waals surface area contributed by atoms with Crippen LogP contribution in [0.4, 0.5) is 11.6 Å². The number of rotatable bonds is 6. The number of aromatic nitrogens is 7. The minimum Gasteiger partial charge on any atom is -0.489 e. The Bertz CT molecular complexity index is 1890. The van der Waals surface area contributed by atoms with Gasteiger partial charge < -0.3 is 10.5 Å². The second-order valence-corrected chi connectivity index (χ2v) is 9.40. The van der Waals surface area contributed by atoms with Crippen LogP contribution in [-0.2, 0) is 18.4 Å². The Morgan fingerprint density at radius 2 is 1.97 bits per heavy atom. The van der Waals surface area contributed by atoms with E-state index < -0.39 is 0 Å². The Kier molecular flexibility index (Phi) is 5.22. The van der Waals surface area contributed by atoms with E-state index in [0.29, 0.717) is 42.6 Å². The maximum absolute atomic E-state index is 11.8. The number of nitrogen functional groups attached to an aromatic ring is 1. The molecule has 2 N–H and O–H groups in total. The summed E-state index contributed by atoms with van der Waals surface area (Å²) in [4.78, 5) is 31.3. The SMILES string of the molecule is Cn1ccc(-c2cn(-c3cncc(COc4ccc5ccc(N6CCC6=O)nc5c4)c3)c3ncnc(N)c23)n1. The van der Waals surface area contributed by atoms with Crippen LogP contribution < -0.4 is 15.4 Å². The van der Waals surface area contributed by atoms with Gasteiger partial charge in [-0.1, -0.05) is 0 Å². The van der Waals surface area contributed by atoms with Gasteiger partial charge in [-0.3, -0.25) is 23.9 Å². The number of carbonyl (C=O) groups is 1. The third kappa shape index (κ3) is 4.00. The molecule has 0 atom stereocenters. The first-order chi connectivity index (χ1) is 19.0. The first-order valence-electron chi connectivity index (χ1n) is 12.4. The van der Waals surface area contributed by atoms with Crippen molar-refractivity contribution < 1.29 is 9.53 Å². The molecule has 0 radical (unpaired) electrons. The van der Waals surface area contributed by atoms with Gasteiger partial charge >= 0.3 is 0 Å². The lowest BCUT2D eigenvalue weighted by Crippen LogP contribution is -2.43. The van der Waals surface area contributed by atoms with Crippen molar-refractivity contribution in [1.29, 1.82) is 0 Å². The van der Waals surface area contributed by atoms with Gasteiger partial charge in [0, 0.05) is 61.2 Å². The zero-order valence-corrected chi connectivity index (χ0v) is 21.0. The van der Waals surface area contributed by atoms with Crippen LogP contribution >= 0.6 is 0 Å². The monoisotopic (exact) mass is 517 g/mol. The molecule has 0 aliphatic carbocycles. The van der Waals surface area contributed by atoms with Crippen molar-refractivity contribution in [3.8, 4) is 22.7 Å². The summed E-state index contributed by atoms with van der Waals surface area (Å²) < 4.78 is 9.79. The Balaban J connectivity index is 1.18. The van der Waals surface area contributed by atoms with Crippen molar-refractivity contribution in [2.75, 3.05) is 17.2 Å². The first-order valence-corrected chi connectivity index (χ1v) is 12.4. The summed E-state index contributed by atoms with van der Waals surface area (Å²) >= 11 is 0. The molecule has 6 aromatic rings. The average molecular weight is 518 g/mol. The highest BCUT2D eigenvalue weighted by Gasteiger charge is 2.26. The maximum atomic E-state index is 11.8. The second kappa shape index (κ2) is 8.91. The van der Waals surface area contributed by atoms with Crippen LogP contribution in [0.25, 0.3) is 38.9 Å². The summed E-state index contributed by atoms with van der Waals surface area (Å²) in [5, 5.41) is 6.26. The van der Waals surface area contributed by atoms with Crippen LogP contribution in [0.5, 0.6) is 5.75 Å². The van der Waals surface area contributed by atoms with E-state index >= 15 is 0 Å². The lowest BCUT2D eigenvalue weighted by atomic mass is 10.1. The van der Waals surface area contributed by atoms with E-state index in [0.717, 1.165) is 38.8 Å². The number of β-lactam (4-membered cyclic amide) rings is 1. The van der Waals surface area contributed by atoms with Gasteiger partial charge in [0.05, 0.1) is 28.5 Å². The fourth-order valence-corrected chi connectivity index (χ4v) is 4.77. The quantitative estimate of drug-likeness (QED) is 0.331. The number of nitrogens with zero attached hydrogens (tertiary/aromatic N) is 8. The molecule has 1 aromatic carbocycles. The molecule has 1 fully saturated rings. The molecule has 0 bridgehead atoms. The number of nitrogens with two attached hydrogens (primary N) is 1. The maximum Gasteiger partial charge on any atom is 0.229 e.